The average Bonchev–Trinajstić information content (AvgIpc) is 4.07. The summed E-state index contributed by atoms with van der Waals surface area (Å²) in [6.07, 6.45) is 14.0. The maximum Gasteiger partial charge on any atom is 0.407 e. The zero-order valence-corrected chi connectivity index (χ0v) is 31.6. The Kier molecular flexibility index (Phi) is 10.9. The van der Waals surface area contributed by atoms with Crippen LogP contribution in [-0.4, -0.2) is 91.4 Å². The Morgan fingerprint density at radius 1 is 1.07 bits per heavy atom. The number of ether oxygens (including phenoxy) is 3. The van der Waals surface area contributed by atoms with E-state index in [1.54, 1.807) is 13.3 Å². The highest BCUT2D eigenvalue weighted by molar-refractivity contribution is 7.91. The number of hydrogen-bond donors (Lipinski definition) is 3. The third kappa shape index (κ3) is 8.20. The zero-order valence-electron chi connectivity index (χ0n) is 30.8. The number of fused-ring (bicyclic) bond motifs is 4. The van der Waals surface area contributed by atoms with Crippen molar-refractivity contribution in [2.24, 2.45) is 11.8 Å². The van der Waals surface area contributed by atoms with Crippen LogP contribution in [0.15, 0.2) is 42.6 Å². The molecule has 0 radical (unpaired) electrons. The Balaban J connectivity index is 1.24. The van der Waals surface area contributed by atoms with Crippen LogP contribution in [0.2, 0.25) is 0 Å². The first-order valence-corrected chi connectivity index (χ1v) is 20.6. The predicted octanol–water partition coefficient (Wildman–Crippen LogP) is 4.13. The van der Waals surface area contributed by atoms with Crippen LogP contribution in [0, 0.1) is 11.8 Å². The average molecular weight is 764 g/mol. The number of nitrogens with one attached hydrogen (secondary N) is 3. The molecule has 6 atom stereocenters. The molecule has 14 nitrogen and oxygen atoms in total. The van der Waals surface area contributed by atoms with Crippen LogP contribution >= 0.6 is 0 Å². The van der Waals surface area contributed by atoms with E-state index in [0.717, 1.165) is 42.0 Å². The fraction of sp³-hybridized carbons (Fsp3) is 0.564. The van der Waals surface area contributed by atoms with Crippen LogP contribution in [0.25, 0.3) is 16.8 Å². The van der Waals surface area contributed by atoms with Crippen molar-refractivity contribution in [2.45, 2.75) is 107 Å². The standard InChI is InChI=1S/C39H49N5O9S/c1-24-10-8-9-11-26-18-30-25(19-33(26)51-2)16-17-40-35(30)53-28-20-32-34(45)42-39(37(47)43-54(49,50)29-14-15-29)21-27(39)12-6-4-3-5-7-13-31(36(46)44(32)22-28)41-38(48)52-23-24/h6,9,11-12,16-19,24,27-29,31-32H,3-5,7-8,10,13-15,20-23H2,1-2H3,(H,41,48)(H,42,45)(H,43,47)/b11-9+,12-6-/t24-,27+,28-,31+,32+,39-/m1/s1. The topological polar surface area (TPSA) is 182 Å². The quantitative estimate of drug-likeness (QED) is 0.383. The van der Waals surface area contributed by atoms with E-state index in [-0.39, 0.29) is 31.9 Å². The predicted molar refractivity (Wildman–Crippen MR) is 200 cm³/mol. The molecule has 2 aliphatic carbocycles. The molecule has 0 unspecified atom stereocenters. The molecule has 1 aromatic heterocycles. The van der Waals surface area contributed by atoms with Crippen LogP contribution in [-0.2, 0) is 29.1 Å². The van der Waals surface area contributed by atoms with Crippen molar-refractivity contribution in [1.82, 2.24) is 25.2 Å². The molecular formula is C39H49N5O9S. The second-order valence-electron chi connectivity index (χ2n) is 15.3. The maximum atomic E-state index is 14.5. The van der Waals surface area contributed by atoms with Crippen LogP contribution in [0.1, 0.15) is 83.1 Å². The number of cyclic esters (lactones) is 1. The molecule has 3 N–H and O–H groups in total. The minimum absolute atomic E-state index is 0.000745. The number of rotatable bonds is 4. The van der Waals surface area contributed by atoms with Crippen molar-refractivity contribution >= 4 is 50.7 Å². The third-order valence-corrected chi connectivity index (χ3v) is 12.9. The van der Waals surface area contributed by atoms with Crippen molar-refractivity contribution in [3.05, 3.63) is 48.2 Å². The number of pyridine rings is 1. The molecule has 54 heavy (non-hydrogen) atoms. The van der Waals surface area contributed by atoms with Gasteiger partial charge in [0.15, 0.2) is 0 Å². The van der Waals surface area contributed by atoms with Gasteiger partial charge in [0, 0.05) is 29.5 Å². The van der Waals surface area contributed by atoms with Gasteiger partial charge in [-0.1, -0.05) is 44.1 Å². The van der Waals surface area contributed by atoms with Gasteiger partial charge in [-0.15, -0.1) is 0 Å². The number of carbonyl (C=O) groups is 4. The molecule has 4 heterocycles. The van der Waals surface area contributed by atoms with E-state index in [1.165, 1.54) is 4.90 Å². The molecule has 290 valence electrons. The van der Waals surface area contributed by atoms with Crippen molar-refractivity contribution in [2.75, 3.05) is 20.3 Å². The van der Waals surface area contributed by atoms with Crippen molar-refractivity contribution < 1.29 is 41.8 Å². The summed E-state index contributed by atoms with van der Waals surface area (Å²) in [6, 6.07) is 3.63. The monoisotopic (exact) mass is 763 g/mol. The van der Waals surface area contributed by atoms with Crippen LogP contribution in [0.4, 0.5) is 4.79 Å². The first kappa shape index (κ1) is 37.6. The summed E-state index contributed by atoms with van der Waals surface area (Å²) in [6.45, 7) is 2.15. The molecule has 0 spiro atoms. The van der Waals surface area contributed by atoms with Crippen molar-refractivity contribution in [1.29, 1.82) is 0 Å². The van der Waals surface area contributed by atoms with Gasteiger partial charge in [0.1, 0.15) is 29.5 Å². The Bertz CT molecular complexity index is 1960. The number of allylic oxidation sites excluding steroid dienone is 2. The number of benzene rings is 1. The third-order valence-electron chi connectivity index (χ3n) is 11.1. The second-order valence-corrected chi connectivity index (χ2v) is 17.3. The Morgan fingerprint density at radius 3 is 2.70 bits per heavy atom. The summed E-state index contributed by atoms with van der Waals surface area (Å²) in [5.41, 5.74) is -0.673. The van der Waals surface area contributed by atoms with Gasteiger partial charge in [-0.05, 0) is 80.9 Å². The van der Waals surface area contributed by atoms with Crippen LogP contribution < -0.4 is 24.8 Å². The molecule has 3 aliphatic heterocycles. The molecule has 5 aliphatic rings. The molecular weight excluding hydrogens is 715 g/mol. The Labute approximate surface area is 315 Å². The number of alkyl carbamates (subject to hydrolysis) is 1. The minimum Gasteiger partial charge on any atom is -0.496 e. The molecule has 1 saturated heterocycles. The van der Waals surface area contributed by atoms with E-state index in [0.29, 0.717) is 43.7 Å². The van der Waals surface area contributed by atoms with Crippen LogP contribution in [0.5, 0.6) is 11.6 Å². The van der Waals surface area contributed by atoms with E-state index in [1.807, 2.05) is 49.4 Å². The highest BCUT2D eigenvalue weighted by Crippen LogP contribution is 2.46. The number of carbonyl (C=O) groups excluding carboxylic acids is 4. The van der Waals surface area contributed by atoms with E-state index < -0.39 is 68.7 Å². The number of methoxy groups -OCH3 is 1. The summed E-state index contributed by atoms with van der Waals surface area (Å²) in [5, 5.41) is 6.61. The summed E-state index contributed by atoms with van der Waals surface area (Å²) in [7, 11) is -2.28. The van der Waals surface area contributed by atoms with Crippen LogP contribution in [0.3, 0.4) is 0 Å². The lowest BCUT2D eigenvalue weighted by atomic mass is 10.0. The zero-order chi connectivity index (χ0) is 38.0. The first-order chi connectivity index (χ1) is 26.0. The van der Waals surface area contributed by atoms with Crippen molar-refractivity contribution in [3.63, 3.8) is 0 Å². The van der Waals surface area contributed by atoms with Crippen molar-refractivity contribution in [3.8, 4) is 11.6 Å². The lowest BCUT2D eigenvalue weighted by Gasteiger charge is -2.29. The maximum absolute atomic E-state index is 14.5. The normalized spacial score (nSPS) is 30.8. The van der Waals surface area contributed by atoms with Gasteiger partial charge in [0.05, 0.1) is 25.5 Å². The second kappa shape index (κ2) is 15.6. The lowest BCUT2D eigenvalue weighted by Crippen LogP contribution is -2.58. The number of sulfonamides is 1. The van der Waals surface area contributed by atoms with E-state index in [2.05, 4.69) is 20.3 Å². The smallest absolute Gasteiger partial charge is 0.407 e. The molecule has 2 aromatic rings. The Hall–Kier alpha value is -4.66. The number of aromatic nitrogens is 1. The molecule has 5 bridgehead atoms. The van der Waals surface area contributed by atoms with Gasteiger partial charge in [0.2, 0.25) is 27.7 Å². The number of hydrogen-bond acceptors (Lipinski definition) is 10. The largest absolute Gasteiger partial charge is 0.496 e. The fourth-order valence-electron chi connectivity index (χ4n) is 7.67. The molecule has 3 fully saturated rings. The SMILES string of the molecule is COc1cc2ccnc3c2cc1/C=C/CC[C@@H](C)COC(=O)N[C@H]1CCCCC/C=C\[C@H]2C[C@@]2(C(=O)NS(=O)(=O)C2CC2)NC(=O)[C@@H]2C[C@H](CN2C1=O)O3. The number of nitrogens with zero attached hydrogens (tertiary/aromatic N) is 2. The molecule has 2 saturated carbocycles. The molecule has 1 aromatic carbocycles. The highest BCUT2D eigenvalue weighted by Gasteiger charge is 2.62. The van der Waals surface area contributed by atoms with E-state index in [4.69, 9.17) is 14.2 Å². The van der Waals surface area contributed by atoms with Gasteiger partial charge in [-0.25, -0.2) is 18.2 Å². The highest BCUT2D eigenvalue weighted by atomic mass is 32.2. The van der Waals surface area contributed by atoms with Gasteiger partial charge in [0.25, 0.3) is 5.91 Å². The fourth-order valence-corrected chi connectivity index (χ4v) is 9.04. The van der Waals surface area contributed by atoms with E-state index >= 15 is 0 Å². The molecule has 15 heteroatoms. The minimum atomic E-state index is -3.89. The summed E-state index contributed by atoms with van der Waals surface area (Å²) in [5.74, 6) is -1.24. The lowest BCUT2D eigenvalue weighted by molar-refractivity contribution is -0.141. The first-order valence-electron chi connectivity index (χ1n) is 19.1. The molecule has 4 amide bonds. The molecule has 7 rings (SSSR count). The summed E-state index contributed by atoms with van der Waals surface area (Å²) in [4.78, 5) is 61.7. The van der Waals surface area contributed by atoms with Gasteiger partial charge < -0.3 is 29.7 Å². The van der Waals surface area contributed by atoms with E-state index in [9.17, 15) is 27.6 Å². The Morgan fingerprint density at radius 2 is 1.91 bits per heavy atom. The van der Waals surface area contributed by atoms with Gasteiger partial charge in [-0.3, -0.25) is 19.1 Å². The summed E-state index contributed by atoms with van der Waals surface area (Å²) < 4.78 is 45.7. The van der Waals surface area contributed by atoms with Gasteiger partial charge >= 0.3 is 6.09 Å². The summed E-state index contributed by atoms with van der Waals surface area (Å²) >= 11 is 0. The van der Waals surface area contributed by atoms with Gasteiger partial charge in [-0.2, -0.15) is 0 Å². The number of amides is 4.